The van der Waals surface area contributed by atoms with Crippen LogP contribution in [0.2, 0.25) is 0 Å². The maximum Gasteiger partial charge on any atom is 0.267 e. The van der Waals surface area contributed by atoms with E-state index in [0.717, 1.165) is 24.3 Å². The average molecular weight is 516 g/mol. The zero-order valence-corrected chi connectivity index (χ0v) is 21.9. The largest absolute Gasteiger partial charge is 0.277 e. The Hall–Kier alpha value is -4.19. The molecule has 4 aromatic rings. The maximum atomic E-state index is 13.7. The monoisotopic (exact) mass is 515 g/mol. The molecule has 5 heteroatoms. The van der Waals surface area contributed by atoms with Gasteiger partial charge >= 0.3 is 0 Å². The molecule has 4 aromatic carbocycles. The lowest BCUT2D eigenvalue weighted by atomic mass is 10.2. The molecule has 4 nitrogen and oxygen atoms in total. The standard InChI is InChI=1S/C33H29N3OS/c37-32-31(23-13-20-27-14-5-1-6-15-27)38-33(34-30-21-11-4-12-22-30)36(32)26-35(24-28-16-7-2-8-17-28)25-29-18-9-3-10-19-29/h1-23H,24-26H2/b20-13+,31-23-,34-33?. The van der Waals surface area contributed by atoms with Gasteiger partial charge in [0.1, 0.15) is 0 Å². The van der Waals surface area contributed by atoms with Crippen LogP contribution in [0, 0.1) is 0 Å². The molecule has 1 fully saturated rings. The summed E-state index contributed by atoms with van der Waals surface area (Å²) < 4.78 is 0. The summed E-state index contributed by atoms with van der Waals surface area (Å²) in [5.41, 5.74) is 4.31. The topological polar surface area (TPSA) is 35.9 Å². The van der Waals surface area contributed by atoms with E-state index < -0.39 is 0 Å². The molecule has 0 spiro atoms. The molecule has 1 heterocycles. The van der Waals surface area contributed by atoms with E-state index in [1.54, 1.807) is 4.90 Å². The molecule has 0 aliphatic carbocycles. The highest BCUT2D eigenvalue weighted by atomic mass is 32.2. The molecule has 0 aromatic heterocycles. The first kappa shape index (κ1) is 25.5. The molecule has 1 aliphatic heterocycles. The van der Waals surface area contributed by atoms with Crippen LogP contribution < -0.4 is 0 Å². The fraction of sp³-hybridized carbons (Fsp3) is 0.0909. The van der Waals surface area contributed by atoms with Crippen molar-refractivity contribution in [1.29, 1.82) is 0 Å². The van der Waals surface area contributed by atoms with Crippen molar-refractivity contribution in [1.82, 2.24) is 9.80 Å². The van der Waals surface area contributed by atoms with Crippen molar-refractivity contribution >= 4 is 34.6 Å². The Labute approximate surface area is 228 Å². The minimum absolute atomic E-state index is 0.0338. The first-order valence-electron chi connectivity index (χ1n) is 12.6. The Morgan fingerprint density at radius 3 is 1.82 bits per heavy atom. The summed E-state index contributed by atoms with van der Waals surface area (Å²) in [7, 11) is 0. The molecule has 1 aliphatic rings. The normalized spacial score (nSPS) is 15.8. The lowest BCUT2D eigenvalue weighted by molar-refractivity contribution is -0.123. The molecule has 0 radical (unpaired) electrons. The fourth-order valence-electron chi connectivity index (χ4n) is 4.19. The second kappa shape index (κ2) is 12.9. The highest BCUT2D eigenvalue weighted by Gasteiger charge is 2.34. The van der Waals surface area contributed by atoms with E-state index in [2.05, 4.69) is 53.4 Å². The third-order valence-corrected chi connectivity index (χ3v) is 7.07. The van der Waals surface area contributed by atoms with E-state index in [-0.39, 0.29) is 5.91 Å². The van der Waals surface area contributed by atoms with Gasteiger partial charge in [-0.2, -0.15) is 0 Å². The number of benzene rings is 4. The number of carbonyl (C=O) groups excluding carboxylic acids is 1. The number of hydrogen-bond donors (Lipinski definition) is 0. The quantitative estimate of drug-likeness (QED) is 0.217. The van der Waals surface area contributed by atoms with Gasteiger partial charge in [0.25, 0.3) is 5.91 Å². The molecule has 0 bridgehead atoms. The van der Waals surface area contributed by atoms with Crippen LogP contribution in [0.1, 0.15) is 16.7 Å². The van der Waals surface area contributed by atoms with Crippen molar-refractivity contribution in [2.24, 2.45) is 4.99 Å². The molecule has 1 saturated heterocycles. The number of rotatable bonds is 9. The predicted octanol–water partition coefficient (Wildman–Crippen LogP) is 7.51. The summed E-state index contributed by atoms with van der Waals surface area (Å²) in [6.45, 7) is 1.87. The first-order valence-corrected chi connectivity index (χ1v) is 13.4. The van der Waals surface area contributed by atoms with Gasteiger partial charge in [-0.1, -0.05) is 121 Å². The van der Waals surface area contributed by atoms with Crippen LogP contribution in [-0.4, -0.2) is 27.5 Å². The second-order valence-corrected chi connectivity index (χ2v) is 9.97. The van der Waals surface area contributed by atoms with Crippen molar-refractivity contribution in [3.05, 3.63) is 155 Å². The van der Waals surface area contributed by atoms with Gasteiger partial charge in [-0.15, -0.1) is 0 Å². The average Bonchev–Trinajstić information content (AvgIpc) is 3.24. The summed E-state index contributed by atoms with van der Waals surface area (Å²) >= 11 is 1.42. The SMILES string of the molecule is O=C1/C(=C/C=C/c2ccccc2)SC(=Nc2ccccc2)N1CN(Cc1ccccc1)Cc1ccccc1. The van der Waals surface area contributed by atoms with Crippen LogP contribution in [-0.2, 0) is 17.9 Å². The Kier molecular flexibility index (Phi) is 8.62. The molecular formula is C33H29N3OS. The third kappa shape index (κ3) is 6.97. The van der Waals surface area contributed by atoms with Gasteiger partial charge in [0.15, 0.2) is 5.17 Å². The second-order valence-electron chi connectivity index (χ2n) is 8.97. The van der Waals surface area contributed by atoms with Crippen LogP contribution in [0.3, 0.4) is 0 Å². The smallest absolute Gasteiger partial charge is 0.267 e. The molecule has 0 atom stereocenters. The van der Waals surface area contributed by atoms with Gasteiger partial charge in [-0.3, -0.25) is 14.6 Å². The summed E-state index contributed by atoms with van der Waals surface area (Å²) in [6.07, 6.45) is 5.83. The van der Waals surface area contributed by atoms with E-state index in [9.17, 15) is 4.79 Å². The van der Waals surface area contributed by atoms with Crippen molar-refractivity contribution in [3.63, 3.8) is 0 Å². The number of thioether (sulfide) groups is 1. The van der Waals surface area contributed by atoms with Crippen LogP contribution in [0.15, 0.2) is 143 Å². The van der Waals surface area contributed by atoms with Gasteiger partial charge in [0.05, 0.1) is 17.3 Å². The number of amidine groups is 1. The number of allylic oxidation sites excluding steroid dienone is 2. The van der Waals surface area contributed by atoms with Gasteiger partial charge < -0.3 is 0 Å². The molecule has 5 rings (SSSR count). The maximum absolute atomic E-state index is 13.7. The van der Waals surface area contributed by atoms with Gasteiger partial charge in [-0.05, 0) is 46.7 Å². The molecule has 0 unspecified atom stereocenters. The van der Waals surface area contributed by atoms with Crippen molar-refractivity contribution in [2.75, 3.05) is 6.67 Å². The Morgan fingerprint density at radius 1 is 0.711 bits per heavy atom. The highest BCUT2D eigenvalue weighted by molar-refractivity contribution is 8.18. The van der Waals surface area contributed by atoms with Crippen molar-refractivity contribution < 1.29 is 4.79 Å². The Balaban J connectivity index is 1.43. The zero-order valence-electron chi connectivity index (χ0n) is 21.1. The molecule has 38 heavy (non-hydrogen) atoms. The summed E-state index contributed by atoms with van der Waals surface area (Å²) in [4.78, 5) is 23.3. The molecule has 0 saturated carbocycles. The van der Waals surface area contributed by atoms with Crippen molar-refractivity contribution in [3.8, 4) is 0 Å². The number of hydrogen-bond acceptors (Lipinski definition) is 4. The Bertz CT molecular complexity index is 1380. The van der Waals surface area contributed by atoms with Crippen LogP contribution in [0.4, 0.5) is 5.69 Å². The van der Waals surface area contributed by atoms with Gasteiger partial charge in [0.2, 0.25) is 0 Å². The van der Waals surface area contributed by atoms with Gasteiger partial charge in [-0.25, -0.2) is 4.99 Å². The third-order valence-electron chi connectivity index (χ3n) is 6.04. The summed E-state index contributed by atoms with van der Waals surface area (Å²) in [5, 5.41) is 0.687. The number of aliphatic imine (C=N–C) groups is 1. The lowest BCUT2D eigenvalue weighted by Crippen LogP contribution is -2.40. The fourth-order valence-corrected chi connectivity index (χ4v) is 5.14. The van der Waals surface area contributed by atoms with E-state index in [1.165, 1.54) is 22.9 Å². The molecule has 1 amide bonds. The Morgan fingerprint density at radius 2 is 1.24 bits per heavy atom. The van der Waals surface area contributed by atoms with Gasteiger partial charge in [0, 0.05) is 13.1 Å². The highest BCUT2D eigenvalue weighted by Crippen LogP contribution is 2.33. The minimum atomic E-state index is -0.0338. The van der Waals surface area contributed by atoms with E-state index in [0.29, 0.717) is 16.7 Å². The van der Waals surface area contributed by atoms with E-state index in [4.69, 9.17) is 4.99 Å². The number of para-hydroxylation sites is 1. The molecule has 0 N–H and O–H groups in total. The van der Waals surface area contributed by atoms with Crippen LogP contribution in [0.5, 0.6) is 0 Å². The van der Waals surface area contributed by atoms with E-state index >= 15 is 0 Å². The first-order chi connectivity index (χ1) is 18.7. The van der Waals surface area contributed by atoms with Crippen LogP contribution in [0.25, 0.3) is 6.08 Å². The number of carbonyl (C=O) groups is 1. The zero-order chi connectivity index (χ0) is 26.0. The van der Waals surface area contributed by atoms with Crippen molar-refractivity contribution in [2.45, 2.75) is 13.1 Å². The number of amides is 1. The van der Waals surface area contributed by atoms with Crippen LogP contribution >= 0.6 is 11.8 Å². The summed E-state index contributed by atoms with van der Waals surface area (Å²) in [5.74, 6) is -0.0338. The lowest BCUT2D eigenvalue weighted by Gasteiger charge is -2.27. The minimum Gasteiger partial charge on any atom is -0.277 e. The predicted molar refractivity (Wildman–Crippen MR) is 159 cm³/mol. The molecule has 188 valence electrons. The summed E-state index contributed by atoms with van der Waals surface area (Å²) in [6, 6.07) is 40.6. The molecular weight excluding hydrogens is 486 g/mol. The number of nitrogens with zero attached hydrogens (tertiary/aromatic N) is 3. The van der Waals surface area contributed by atoms with E-state index in [1.807, 2.05) is 91.0 Å².